The normalized spacial score (nSPS) is 15.6. The summed E-state index contributed by atoms with van der Waals surface area (Å²) in [5, 5.41) is 14.1. The van der Waals surface area contributed by atoms with Crippen LogP contribution in [0.1, 0.15) is 24.5 Å². The fourth-order valence-corrected chi connectivity index (χ4v) is 10.8. The van der Waals surface area contributed by atoms with E-state index in [9.17, 15) is 0 Å². The van der Waals surface area contributed by atoms with Crippen LogP contribution < -0.4 is 0 Å². The monoisotopic (exact) mass is 844 g/mol. The molecule has 0 saturated carbocycles. The van der Waals surface area contributed by atoms with Crippen LogP contribution in [0, 0.1) is 5.92 Å². The van der Waals surface area contributed by atoms with Crippen molar-refractivity contribution < 1.29 is 4.42 Å². The smallest absolute Gasteiger partial charge is 0.162 e. The molecular formula is C61H40N4O. The van der Waals surface area contributed by atoms with E-state index in [1.807, 2.05) is 0 Å². The minimum absolute atomic E-state index is 0.0814. The maximum Gasteiger partial charge on any atom is 0.162 e. The molecule has 0 aliphatic carbocycles. The third-order valence-corrected chi connectivity index (χ3v) is 13.9. The van der Waals surface area contributed by atoms with Gasteiger partial charge in [0.15, 0.2) is 11.4 Å². The predicted octanol–water partition coefficient (Wildman–Crippen LogP) is 16.0. The topological polar surface area (TPSA) is 47.7 Å². The van der Waals surface area contributed by atoms with E-state index in [4.69, 9.17) is 14.4 Å². The number of furan rings is 1. The van der Waals surface area contributed by atoms with Gasteiger partial charge in [0.05, 0.1) is 33.5 Å². The molecule has 4 heterocycles. The molecular weight excluding hydrogens is 805 g/mol. The summed E-state index contributed by atoms with van der Waals surface area (Å²) in [6.07, 6.45) is 3.07. The number of para-hydroxylation sites is 3. The van der Waals surface area contributed by atoms with E-state index in [0.29, 0.717) is 5.84 Å². The van der Waals surface area contributed by atoms with E-state index in [-0.39, 0.29) is 5.92 Å². The molecule has 0 spiro atoms. The first-order valence-corrected chi connectivity index (χ1v) is 22.8. The summed E-state index contributed by atoms with van der Waals surface area (Å²) in [5.41, 5.74) is 10.0. The Kier molecular flexibility index (Phi) is 7.96. The Labute approximate surface area is 379 Å². The van der Waals surface area contributed by atoms with Gasteiger partial charge >= 0.3 is 0 Å². The Hall–Kier alpha value is -8.54. The fraction of sp³-hybridized carbons (Fsp3) is 0.0492. The molecule has 0 amide bonds. The molecule has 66 heavy (non-hydrogen) atoms. The van der Waals surface area contributed by atoms with Gasteiger partial charge in [0.25, 0.3) is 0 Å². The third kappa shape index (κ3) is 5.47. The van der Waals surface area contributed by atoms with Crippen LogP contribution in [-0.4, -0.2) is 20.7 Å². The van der Waals surface area contributed by atoms with Gasteiger partial charge in [-0.25, -0.2) is 9.98 Å². The van der Waals surface area contributed by atoms with Crippen molar-refractivity contribution in [1.82, 2.24) is 9.13 Å². The molecule has 13 aromatic rings. The lowest BCUT2D eigenvalue weighted by Crippen LogP contribution is -2.18. The molecule has 1 unspecified atom stereocenters. The SMILES string of the molecule is CC1C/C=C(\n2c3ccccc3c3ccccc32)N=C(c2ccc(-n3c4cc5ccccc5cc4c4c5ccccc5ccc43)c3oc4ccccc4c23)N=C1c1ccc2ccccc2c1. The molecule has 0 saturated heterocycles. The zero-order chi connectivity index (χ0) is 43.5. The molecule has 14 rings (SSSR count). The number of aliphatic imine (C=N–C) groups is 2. The molecule has 3 aromatic heterocycles. The van der Waals surface area contributed by atoms with Gasteiger partial charge in [0.1, 0.15) is 11.4 Å². The summed E-state index contributed by atoms with van der Waals surface area (Å²) in [4.78, 5) is 11.5. The van der Waals surface area contributed by atoms with Crippen LogP contribution in [0.4, 0.5) is 0 Å². The summed E-state index contributed by atoms with van der Waals surface area (Å²) in [5.74, 6) is 1.57. The van der Waals surface area contributed by atoms with Crippen molar-refractivity contribution in [2.75, 3.05) is 0 Å². The summed E-state index contributed by atoms with van der Waals surface area (Å²) < 4.78 is 11.8. The molecule has 1 aliphatic rings. The van der Waals surface area contributed by atoms with Crippen LogP contribution >= 0.6 is 0 Å². The van der Waals surface area contributed by atoms with Crippen molar-refractivity contribution in [2.45, 2.75) is 13.3 Å². The second-order valence-electron chi connectivity index (χ2n) is 17.7. The maximum atomic E-state index is 7.12. The lowest BCUT2D eigenvalue weighted by Gasteiger charge is -2.20. The van der Waals surface area contributed by atoms with E-state index in [1.165, 1.54) is 53.9 Å². The molecule has 310 valence electrons. The van der Waals surface area contributed by atoms with Crippen molar-refractivity contribution in [3.8, 4) is 5.69 Å². The molecule has 5 nitrogen and oxygen atoms in total. The van der Waals surface area contributed by atoms with Crippen LogP contribution in [0.15, 0.2) is 221 Å². The lowest BCUT2D eigenvalue weighted by atomic mass is 9.92. The first-order chi connectivity index (χ1) is 32.6. The van der Waals surface area contributed by atoms with Crippen molar-refractivity contribution in [2.24, 2.45) is 15.9 Å². The van der Waals surface area contributed by atoms with E-state index < -0.39 is 0 Å². The molecule has 10 aromatic carbocycles. The molecule has 1 aliphatic heterocycles. The number of benzene rings is 10. The van der Waals surface area contributed by atoms with E-state index in [2.05, 4.69) is 222 Å². The minimum atomic E-state index is 0.0814. The molecule has 0 radical (unpaired) electrons. The van der Waals surface area contributed by atoms with Crippen LogP contribution in [0.25, 0.3) is 109 Å². The lowest BCUT2D eigenvalue weighted by molar-refractivity contribution is 0.666. The summed E-state index contributed by atoms with van der Waals surface area (Å²) in [6.45, 7) is 2.29. The highest BCUT2D eigenvalue weighted by molar-refractivity contribution is 6.26. The number of allylic oxidation sites excluding steroid dienone is 1. The number of fused-ring (bicyclic) bond motifs is 13. The molecule has 1 atom stereocenters. The highest BCUT2D eigenvalue weighted by atomic mass is 16.3. The number of hydrogen-bond donors (Lipinski definition) is 0. The van der Waals surface area contributed by atoms with Crippen molar-refractivity contribution in [1.29, 1.82) is 0 Å². The van der Waals surface area contributed by atoms with Gasteiger partial charge in [-0.1, -0.05) is 153 Å². The van der Waals surface area contributed by atoms with Crippen LogP contribution in [-0.2, 0) is 0 Å². The Morgan fingerprint density at radius 1 is 0.455 bits per heavy atom. The van der Waals surface area contributed by atoms with Crippen LogP contribution in [0.5, 0.6) is 0 Å². The number of hydrogen-bond acceptors (Lipinski definition) is 3. The Morgan fingerprint density at radius 3 is 1.85 bits per heavy atom. The van der Waals surface area contributed by atoms with Crippen LogP contribution in [0.2, 0.25) is 0 Å². The molecule has 5 heteroatoms. The summed E-state index contributed by atoms with van der Waals surface area (Å²) >= 11 is 0. The van der Waals surface area contributed by atoms with E-state index in [1.54, 1.807) is 0 Å². The van der Waals surface area contributed by atoms with Crippen LogP contribution in [0.3, 0.4) is 0 Å². The first-order valence-electron chi connectivity index (χ1n) is 22.8. The molecule has 0 N–H and O–H groups in total. The maximum absolute atomic E-state index is 7.12. The van der Waals surface area contributed by atoms with Crippen molar-refractivity contribution in [3.63, 3.8) is 0 Å². The van der Waals surface area contributed by atoms with E-state index in [0.717, 1.165) is 78.8 Å². The number of amidine groups is 1. The Morgan fingerprint density at radius 2 is 1.08 bits per heavy atom. The largest absolute Gasteiger partial charge is 0.454 e. The van der Waals surface area contributed by atoms with Gasteiger partial charge in [-0.05, 0) is 105 Å². The minimum Gasteiger partial charge on any atom is -0.454 e. The van der Waals surface area contributed by atoms with Gasteiger partial charge in [-0.3, -0.25) is 4.57 Å². The van der Waals surface area contributed by atoms with E-state index >= 15 is 0 Å². The second-order valence-corrected chi connectivity index (χ2v) is 17.7. The van der Waals surface area contributed by atoms with Gasteiger partial charge in [0.2, 0.25) is 0 Å². The quantitative estimate of drug-likeness (QED) is 0.174. The van der Waals surface area contributed by atoms with Gasteiger partial charge in [-0.15, -0.1) is 0 Å². The first kappa shape index (κ1) is 36.9. The summed E-state index contributed by atoms with van der Waals surface area (Å²) in [6, 6.07) is 72.0. The highest BCUT2D eigenvalue weighted by Gasteiger charge is 2.26. The van der Waals surface area contributed by atoms with Crippen molar-refractivity contribution in [3.05, 3.63) is 217 Å². The fourth-order valence-electron chi connectivity index (χ4n) is 10.8. The molecule has 0 bridgehead atoms. The zero-order valence-electron chi connectivity index (χ0n) is 36.1. The third-order valence-electron chi connectivity index (χ3n) is 13.9. The van der Waals surface area contributed by atoms with Gasteiger partial charge < -0.3 is 8.98 Å². The van der Waals surface area contributed by atoms with Gasteiger partial charge in [-0.2, -0.15) is 0 Å². The summed E-state index contributed by atoms with van der Waals surface area (Å²) in [7, 11) is 0. The Balaban J connectivity index is 1.08. The average Bonchev–Trinajstić information content (AvgIpc) is 4.03. The Bertz CT molecular complexity index is 4230. The van der Waals surface area contributed by atoms with Crippen molar-refractivity contribution >= 4 is 115 Å². The molecule has 0 fully saturated rings. The standard InChI is InChI=1S/C61H40N4O/c1-37-26-33-56(65-50-23-11-8-20-45(50)46-21-9-12-24-51(46)65)62-61(63-59(37)43-28-27-38-14-2-3-16-40(38)34-43)48-30-32-53(60-58(48)47-22-10-13-25-55(47)66-60)64-52-31-29-39-15-6-7-19-44(39)57(52)49-35-41-17-4-5-18-42(41)36-54(49)64/h2-25,27-37H,26H2,1H3/b56-33-,62-61?,63-59?. The zero-order valence-corrected chi connectivity index (χ0v) is 36.1. The number of nitrogens with zero attached hydrogens (tertiary/aromatic N) is 4. The highest BCUT2D eigenvalue weighted by Crippen LogP contribution is 2.43. The predicted molar refractivity (Wildman–Crippen MR) is 278 cm³/mol. The number of aromatic nitrogens is 2. The van der Waals surface area contributed by atoms with Gasteiger partial charge in [0, 0.05) is 43.8 Å². The second kappa shape index (κ2) is 14.2. The average molecular weight is 845 g/mol. The number of rotatable bonds is 4.